The molecule has 37 heavy (non-hydrogen) atoms. The Hall–Kier alpha value is -3.51. The van der Waals surface area contributed by atoms with Crippen molar-refractivity contribution in [2.75, 3.05) is 36.4 Å². The standard InChI is InChI=1S/C31H35N5O/c1-22-6-7-24-8-9-25(26-16-23(18-32-19-26)21-35-12-3-2-4-13-35)17-28(24)30(22)31(37)34-27-10-11-29(33-20-27)36-14-5-15-36/h8-11,16-20H,2-7,12-15,21H2,1H3,(H,34,37). The van der Waals surface area contributed by atoms with Gasteiger partial charge in [-0.25, -0.2) is 4.98 Å². The topological polar surface area (TPSA) is 61.4 Å². The number of pyridine rings is 2. The number of aromatic nitrogens is 2. The summed E-state index contributed by atoms with van der Waals surface area (Å²) in [4.78, 5) is 27.4. The van der Waals surface area contributed by atoms with Gasteiger partial charge in [-0.2, -0.15) is 0 Å². The molecule has 3 aromatic rings. The molecule has 0 radical (unpaired) electrons. The number of carbonyl (C=O) groups is 1. The summed E-state index contributed by atoms with van der Waals surface area (Å²) in [5.41, 5.74) is 8.35. The van der Waals surface area contributed by atoms with Crippen LogP contribution in [0.2, 0.25) is 0 Å². The maximum Gasteiger partial charge on any atom is 0.256 e. The van der Waals surface area contributed by atoms with E-state index in [1.165, 1.54) is 49.9 Å². The number of benzene rings is 1. The van der Waals surface area contributed by atoms with Crippen molar-refractivity contribution in [3.05, 3.63) is 77.3 Å². The van der Waals surface area contributed by atoms with Crippen molar-refractivity contribution in [2.45, 2.75) is 52.0 Å². The second-order valence-electron chi connectivity index (χ2n) is 10.6. The van der Waals surface area contributed by atoms with Gasteiger partial charge in [0.1, 0.15) is 5.82 Å². The summed E-state index contributed by atoms with van der Waals surface area (Å²) in [5, 5.41) is 3.10. The number of likely N-dealkylation sites (tertiary alicyclic amines) is 1. The minimum atomic E-state index is -0.0638. The minimum absolute atomic E-state index is 0.0638. The Morgan fingerprint density at radius 1 is 0.892 bits per heavy atom. The van der Waals surface area contributed by atoms with E-state index in [2.05, 4.69) is 56.3 Å². The molecule has 1 aliphatic carbocycles. The Labute approximate surface area is 219 Å². The van der Waals surface area contributed by atoms with Gasteiger partial charge < -0.3 is 10.2 Å². The van der Waals surface area contributed by atoms with E-state index in [0.717, 1.165) is 71.8 Å². The van der Waals surface area contributed by atoms with Gasteiger partial charge in [-0.05, 0) is 98.6 Å². The number of aryl methyl sites for hydroxylation is 1. The first-order chi connectivity index (χ1) is 18.1. The number of amides is 1. The molecule has 2 aliphatic heterocycles. The van der Waals surface area contributed by atoms with Crippen LogP contribution < -0.4 is 10.2 Å². The molecule has 1 N–H and O–H groups in total. The van der Waals surface area contributed by atoms with Gasteiger partial charge >= 0.3 is 0 Å². The van der Waals surface area contributed by atoms with E-state index >= 15 is 0 Å². The SMILES string of the molecule is CC1=C(C(=O)Nc2ccc(N3CCC3)nc2)c2cc(-c3cncc(CN4CCCCC4)c3)ccc2CC1. The summed E-state index contributed by atoms with van der Waals surface area (Å²) in [6.07, 6.45) is 12.7. The first-order valence-electron chi connectivity index (χ1n) is 13.7. The molecule has 0 spiro atoms. The zero-order chi connectivity index (χ0) is 25.2. The minimum Gasteiger partial charge on any atom is -0.356 e. The molecule has 2 aromatic heterocycles. The third kappa shape index (κ3) is 5.16. The van der Waals surface area contributed by atoms with E-state index in [1.54, 1.807) is 6.20 Å². The molecule has 0 atom stereocenters. The molecule has 1 amide bonds. The molecule has 190 valence electrons. The van der Waals surface area contributed by atoms with Crippen LogP contribution in [0, 0.1) is 0 Å². The lowest BCUT2D eigenvalue weighted by molar-refractivity contribution is -0.111. The summed E-state index contributed by atoms with van der Waals surface area (Å²) in [6.45, 7) is 7.48. The van der Waals surface area contributed by atoms with Gasteiger partial charge in [0, 0.05) is 43.2 Å². The maximum absolute atomic E-state index is 13.5. The van der Waals surface area contributed by atoms with Crippen LogP contribution in [-0.2, 0) is 17.8 Å². The molecule has 2 saturated heterocycles. The Kier molecular flexibility index (Phi) is 6.75. The highest BCUT2D eigenvalue weighted by molar-refractivity contribution is 6.26. The van der Waals surface area contributed by atoms with E-state index < -0.39 is 0 Å². The van der Waals surface area contributed by atoms with E-state index in [4.69, 9.17) is 0 Å². The number of hydrogen-bond donors (Lipinski definition) is 1. The summed E-state index contributed by atoms with van der Waals surface area (Å²) < 4.78 is 0. The average Bonchev–Trinajstić information content (AvgIpc) is 2.89. The molecule has 2 fully saturated rings. The zero-order valence-electron chi connectivity index (χ0n) is 21.7. The predicted octanol–water partition coefficient (Wildman–Crippen LogP) is 5.70. The van der Waals surface area contributed by atoms with Crippen molar-refractivity contribution >= 4 is 23.0 Å². The van der Waals surface area contributed by atoms with Crippen molar-refractivity contribution in [2.24, 2.45) is 0 Å². The Bertz CT molecular complexity index is 1320. The number of allylic oxidation sites excluding steroid dienone is 1. The summed E-state index contributed by atoms with van der Waals surface area (Å²) >= 11 is 0. The molecule has 0 unspecified atom stereocenters. The summed E-state index contributed by atoms with van der Waals surface area (Å²) in [6, 6.07) is 12.7. The Balaban J connectivity index is 1.23. The van der Waals surface area contributed by atoms with Crippen LogP contribution in [0.25, 0.3) is 16.7 Å². The van der Waals surface area contributed by atoms with Gasteiger partial charge in [0.15, 0.2) is 0 Å². The lowest BCUT2D eigenvalue weighted by atomic mass is 9.84. The van der Waals surface area contributed by atoms with Gasteiger partial charge in [-0.15, -0.1) is 0 Å². The molecule has 0 saturated carbocycles. The normalized spacial score (nSPS) is 17.8. The van der Waals surface area contributed by atoms with Gasteiger partial charge in [-0.3, -0.25) is 14.7 Å². The van der Waals surface area contributed by atoms with Gasteiger partial charge in [-0.1, -0.05) is 24.1 Å². The van der Waals surface area contributed by atoms with E-state index in [-0.39, 0.29) is 5.91 Å². The number of carbonyl (C=O) groups excluding carboxylic acids is 1. The van der Waals surface area contributed by atoms with Crippen LogP contribution in [-0.4, -0.2) is 47.0 Å². The van der Waals surface area contributed by atoms with Crippen LogP contribution in [0.1, 0.15) is 55.7 Å². The molecule has 3 aliphatic rings. The second kappa shape index (κ2) is 10.5. The fourth-order valence-electron chi connectivity index (χ4n) is 5.69. The lowest BCUT2D eigenvalue weighted by Gasteiger charge is -2.31. The molecular weight excluding hydrogens is 458 g/mol. The quantitative estimate of drug-likeness (QED) is 0.477. The predicted molar refractivity (Wildman–Crippen MR) is 149 cm³/mol. The number of nitrogens with zero attached hydrogens (tertiary/aromatic N) is 4. The highest BCUT2D eigenvalue weighted by atomic mass is 16.1. The molecule has 1 aromatic carbocycles. The zero-order valence-corrected chi connectivity index (χ0v) is 21.7. The van der Waals surface area contributed by atoms with Gasteiger partial charge in [0.2, 0.25) is 0 Å². The molecule has 6 rings (SSSR count). The summed E-state index contributed by atoms with van der Waals surface area (Å²) in [7, 11) is 0. The molecule has 0 bridgehead atoms. The fraction of sp³-hybridized carbons (Fsp3) is 0.387. The van der Waals surface area contributed by atoms with E-state index in [9.17, 15) is 4.79 Å². The van der Waals surface area contributed by atoms with Gasteiger partial charge in [0.05, 0.1) is 11.9 Å². The maximum atomic E-state index is 13.5. The first kappa shape index (κ1) is 23.9. The largest absolute Gasteiger partial charge is 0.356 e. The number of fused-ring (bicyclic) bond motifs is 1. The molecular formula is C31H35N5O. The van der Waals surface area contributed by atoms with Crippen molar-refractivity contribution in [1.29, 1.82) is 0 Å². The number of rotatable bonds is 6. The number of anilines is 2. The monoisotopic (exact) mass is 493 g/mol. The average molecular weight is 494 g/mol. The first-order valence-corrected chi connectivity index (χ1v) is 13.7. The van der Waals surface area contributed by atoms with E-state index in [1.807, 2.05) is 24.5 Å². The van der Waals surface area contributed by atoms with Crippen molar-refractivity contribution in [1.82, 2.24) is 14.9 Å². The highest BCUT2D eigenvalue weighted by Gasteiger charge is 2.24. The van der Waals surface area contributed by atoms with Crippen LogP contribution in [0.3, 0.4) is 0 Å². The van der Waals surface area contributed by atoms with Crippen LogP contribution in [0.15, 0.2) is 60.6 Å². The Morgan fingerprint density at radius 2 is 1.76 bits per heavy atom. The second-order valence-corrected chi connectivity index (χ2v) is 10.6. The van der Waals surface area contributed by atoms with Crippen molar-refractivity contribution in [3.63, 3.8) is 0 Å². The molecule has 6 heteroatoms. The molecule has 4 heterocycles. The number of piperidine rings is 1. The third-order valence-corrected chi connectivity index (χ3v) is 7.97. The molecule has 6 nitrogen and oxygen atoms in total. The van der Waals surface area contributed by atoms with E-state index in [0.29, 0.717) is 0 Å². The van der Waals surface area contributed by atoms with Gasteiger partial charge in [0.25, 0.3) is 5.91 Å². The van der Waals surface area contributed by atoms with Crippen molar-refractivity contribution < 1.29 is 4.79 Å². The number of nitrogens with one attached hydrogen (secondary N) is 1. The number of hydrogen-bond acceptors (Lipinski definition) is 5. The van der Waals surface area contributed by atoms with Crippen LogP contribution in [0.4, 0.5) is 11.5 Å². The smallest absolute Gasteiger partial charge is 0.256 e. The van der Waals surface area contributed by atoms with Crippen molar-refractivity contribution in [3.8, 4) is 11.1 Å². The third-order valence-electron chi connectivity index (χ3n) is 7.97. The fourth-order valence-corrected chi connectivity index (χ4v) is 5.69. The Morgan fingerprint density at radius 3 is 2.51 bits per heavy atom. The lowest BCUT2D eigenvalue weighted by Crippen LogP contribution is -2.37. The highest BCUT2D eigenvalue weighted by Crippen LogP contribution is 2.35. The van der Waals surface area contributed by atoms with Crippen LogP contribution in [0.5, 0.6) is 0 Å². The summed E-state index contributed by atoms with van der Waals surface area (Å²) in [5.74, 6) is 0.912. The van der Waals surface area contributed by atoms with Crippen LogP contribution >= 0.6 is 0 Å².